The van der Waals surface area contributed by atoms with Gasteiger partial charge in [0.1, 0.15) is 11.3 Å². The molecule has 1 aliphatic heterocycles. The van der Waals surface area contributed by atoms with Gasteiger partial charge in [-0.2, -0.15) is 0 Å². The molecule has 1 heterocycles. The maximum absolute atomic E-state index is 12.2. The van der Waals surface area contributed by atoms with Crippen LogP contribution in [0.2, 0.25) is 0 Å². The van der Waals surface area contributed by atoms with Gasteiger partial charge in [0.15, 0.2) is 5.04 Å². The maximum atomic E-state index is 12.2. The highest BCUT2D eigenvalue weighted by molar-refractivity contribution is 8.16. The standard InChI is InChI=1S/C16H20N2O4S/c1-15(2,3)22-14(21)13-18-16(17,9-11(19)20)12(23-13)10-7-5-4-6-8-10/h4-8,12H,9,17H2,1-3H3,(H,19,20). The number of nitrogens with two attached hydrogens (primary N) is 1. The average molecular weight is 336 g/mol. The van der Waals surface area contributed by atoms with Crippen molar-refractivity contribution in [2.75, 3.05) is 0 Å². The highest BCUT2D eigenvalue weighted by atomic mass is 32.2. The fourth-order valence-corrected chi connectivity index (χ4v) is 3.48. The van der Waals surface area contributed by atoms with Crippen molar-refractivity contribution in [2.45, 2.75) is 43.7 Å². The second-order valence-electron chi connectivity index (χ2n) is 6.39. The average Bonchev–Trinajstić information content (AvgIpc) is 2.74. The Kier molecular flexibility index (Phi) is 4.81. The molecule has 0 saturated heterocycles. The number of ether oxygens (including phenoxy) is 1. The van der Waals surface area contributed by atoms with Crippen LogP contribution in [-0.2, 0) is 14.3 Å². The summed E-state index contributed by atoms with van der Waals surface area (Å²) in [5.74, 6) is -1.65. The van der Waals surface area contributed by atoms with Gasteiger partial charge in [0.2, 0.25) is 0 Å². The van der Waals surface area contributed by atoms with Crippen LogP contribution in [0.4, 0.5) is 0 Å². The summed E-state index contributed by atoms with van der Waals surface area (Å²) in [6.45, 7) is 5.27. The molecule has 2 rings (SSSR count). The van der Waals surface area contributed by atoms with Crippen LogP contribution >= 0.6 is 11.8 Å². The molecule has 1 aromatic carbocycles. The first-order valence-electron chi connectivity index (χ1n) is 7.16. The quantitative estimate of drug-likeness (QED) is 0.818. The molecule has 0 fully saturated rings. The smallest absolute Gasteiger partial charge is 0.363 e. The van der Waals surface area contributed by atoms with Crippen LogP contribution in [0.15, 0.2) is 35.3 Å². The Morgan fingerprint density at radius 1 is 1.35 bits per heavy atom. The number of carbonyl (C=O) groups is 2. The van der Waals surface area contributed by atoms with E-state index in [2.05, 4.69) is 4.99 Å². The molecule has 7 heteroatoms. The Bertz CT molecular complexity index is 639. The largest absolute Gasteiger partial charge is 0.481 e. The van der Waals surface area contributed by atoms with Gasteiger partial charge in [-0.1, -0.05) is 42.1 Å². The Labute approximate surface area is 139 Å². The molecule has 2 atom stereocenters. The molecule has 124 valence electrons. The molecular weight excluding hydrogens is 316 g/mol. The van der Waals surface area contributed by atoms with Crippen LogP contribution in [0.1, 0.15) is 38.0 Å². The second kappa shape index (κ2) is 6.33. The summed E-state index contributed by atoms with van der Waals surface area (Å²) in [6, 6.07) is 9.21. The predicted molar refractivity (Wildman–Crippen MR) is 89.2 cm³/mol. The fraction of sp³-hybridized carbons (Fsp3) is 0.438. The van der Waals surface area contributed by atoms with Crippen molar-refractivity contribution in [1.82, 2.24) is 0 Å². The summed E-state index contributed by atoms with van der Waals surface area (Å²) >= 11 is 1.15. The van der Waals surface area contributed by atoms with Crippen LogP contribution in [0.3, 0.4) is 0 Å². The number of hydrogen-bond donors (Lipinski definition) is 2. The van der Waals surface area contributed by atoms with Crippen LogP contribution in [-0.4, -0.2) is 33.4 Å². The number of thioether (sulfide) groups is 1. The monoisotopic (exact) mass is 336 g/mol. The van der Waals surface area contributed by atoms with E-state index in [1.54, 1.807) is 20.8 Å². The zero-order chi connectivity index (χ0) is 17.3. The van der Waals surface area contributed by atoms with E-state index in [9.17, 15) is 9.59 Å². The van der Waals surface area contributed by atoms with Gasteiger partial charge >= 0.3 is 11.9 Å². The lowest BCUT2D eigenvalue weighted by Gasteiger charge is -2.26. The van der Waals surface area contributed by atoms with E-state index in [4.69, 9.17) is 15.6 Å². The minimum atomic E-state index is -1.38. The normalized spacial score (nSPS) is 24.2. The van der Waals surface area contributed by atoms with Crippen LogP contribution in [0, 0.1) is 0 Å². The second-order valence-corrected chi connectivity index (χ2v) is 7.48. The Balaban J connectivity index is 2.32. The number of carboxylic acids is 1. The summed E-state index contributed by atoms with van der Waals surface area (Å²) in [5.41, 5.74) is 5.01. The van der Waals surface area contributed by atoms with Crippen LogP contribution in [0.25, 0.3) is 0 Å². The van der Waals surface area contributed by atoms with Gasteiger partial charge < -0.3 is 15.6 Å². The van der Waals surface area contributed by atoms with E-state index >= 15 is 0 Å². The molecule has 0 aliphatic carbocycles. The highest BCUT2D eigenvalue weighted by Crippen LogP contribution is 2.46. The van der Waals surface area contributed by atoms with Gasteiger partial charge in [-0.15, -0.1) is 0 Å². The highest BCUT2D eigenvalue weighted by Gasteiger charge is 2.46. The number of esters is 1. The number of hydrogen-bond acceptors (Lipinski definition) is 6. The van der Waals surface area contributed by atoms with Crippen LogP contribution < -0.4 is 5.73 Å². The molecule has 0 radical (unpaired) electrons. The predicted octanol–water partition coefficient (Wildman–Crippen LogP) is 2.34. The third-order valence-corrected chi connectivity index (χ3v) is 4.50. The zero-order valence-corrected chi connectivity index (χ0v) is 14.1. The molecule has 0 amide bonds. The van der Waals surface area contributed by atoms with E-state index in [0.717, 1.165) is 17.3 Å². The number of aliphatic imine (C=N–C) groups is 1. The van der Waals surface area contributed by atoms with E-state index in [0.29, 0.717) is 0 Å². The zero-order valence-electron chi connectivity index (χ0n) is 13.3. The molecule has 0 aromatic heterocycles. The van der Waals surface area contributed by atoms with Crippen molar-refractivity contribution in [3.63, 3.8) is 0 Å². The van der Waals surface area contributed by atoms with Crippen molar-refractivity contribution in [2.24, 2.45) is 10.7 Å². The first kappa shape index (κ1) is 17.5. The molecule has 6 nitrogen and oxygen atoms in total. The van der Waals surface area contributed by atoms with Gasteiger partial charge in [-0.25, -0.2) is 9.79 Å². The Hall–Kier alpha value is -1.86. The third-order valence-electron chi connectivity index (χ3n) is 3.10. The Morgan fingerprint density at radius 2 is 1.96 bits per heavy atom. The first-order chi connectivity index (χ1) is 10.6. The summed E-state index contributed by atoms with van der Waals surface area (Å²) < 4.78 is 5.31. The summed E-state index contributed by atoms with van der Waals surface area (Å²) in [6.07, 6.45) is -0.369. The molecule has 0 bridgehead atoms. The van der Waals surface area contributed by atoms with Crippen molar-refractivity contribution in [3.8, 4) is 0 Å². The number of nitrogens with zero attached hydrogens (tertiary/aromatic N) is 1. The number of benzene rings is 1. The lowest BCUT2D eigenvalue weighted by molar-refractivity contribution is -0.146. The first-order valence-corrected chi connectivity index (χ1v) is 8.04. The van der Waals surface area contributed by atoms with Crippen molar-refractivity contribution < 1.29 is 19.4 Å². The molecule has 0 spiro atoms. The van der Waals surface area contributed by atoms with Gasteiger partial charge in [0.25, 0.3) is 0 Å². The van der Waals surface area contributed by atoms with Crippen molar-refractivity contribution in [1.29, 1.82) is 0 Å². The fourth-order valence-electron chi connectivity index (χ4n) is 2.26. The van der Waals surface area contributed by atoms with E-state index < -0.39 is 28.5 Å². The molecule has 0 saturated carbocycles. The number of carboxylic acid groups (broad SMARTS) is 1. The molecule has 1 aliphatic rings. The molecular formula is C16H20N2O4S. The molecule has 23 heavy (non-hydrogen) atoms. The van der Waals surface area contributed by atoms with Gasteiger partial charge in [0.05, 0.1) is 11.7 Å². The van der Waals surface area contributed by atoms with Crippen LogP contribution in [0.5, 0.6) is 0 Å². The van der Waals surface area contributed by atoms with E-state index in [1.807, 2.05) is 30.3 Å². The summed E-state index contributed by atoms with van der Waals surface area (Å²) in [4.78, 5) is 27.6. The third kappa shape index (κ3) is 4.33. The van der Waals surface area contributed by atoms with Crippen molar-refractivity contribution >= 4 is 28.7 Å². The van der Waals surface area contributed by atoms with Gasteiger partial charge in [-0.05, 0) is 26.3 Å². The summed E-state index contributed by atoms with van der Waals surface area (Å²) in [7, 11) is 0. The maximum Gasteiger partial charge on any atom is 0.363 e. The topological polar surface area (TPSA) is 102 Å². The summed E-state index contributed by atoms with van der Waals surface area (Å²) in [5, 5.41) is 8.79. The molecule has 2 unspecified atom stereocenters. The van der Waals surface area contributed by atoms with Crippen molar-refractivity contribution in [3.05, 3.63) is 35.9 Å². The van der Waals surface area contributed by atoms with E-state index in [1.165, 1.54) is 0 Å². The SMILES string of the molecule is CC(C)(C)OC(=O)C1=NC(N)(CC(=O)O)C(c2ccccc2)S1. The minimum absolute atomic E-state index is 0.109. The molecule has 1 aromatic rings. The lowest BCUT2D eigenvalue weighted by atomic mass is 9.97. The lowest BCUT2D eigenvalue weighted by Crippen LogP contribution is -2.42. The minimum Gasteiger partial charge on any atom is -0.481 e. The van der Waals surface area contributed by atoms with Gasteiger partial charge in [0, 0.05) is 0 Å². The van der Waals surface area contributed by atoms with Gasteiger partial charge in [-0.3, -0.25) is 4.79 Å². The number of rotatable bonds is 4. The Morgan fingerprint density at radius 3 is 2.48 bits per heavy atom. The number of aliphatic carboxylic acids is 1. The van der Waals surface area contributed by atoms with E-state index in [-0.39, 0.29) is 11.5 Å². The molecule has 3 N–H and O–H groups in total. The number of carbonyl (C=O) groups excluding carboxylic acids is 1.